The Kier molecular flexibility index (Phi) is 5.25. The smallest absolute Gasteiger partial charge is 0.339 e. The lowest BCUT2D eigenvalue weighted by Gasteiger charge is -2.30. The van der Waals surface area contributed by atoms with Crippen molar-refractivity contribution in [2.45, 2.75) is 6.10 Å². The van der Waals surface area contributed by atoms with Crippen LogP contribution in [0, 0.1) is 5.21 Å². The second kappa shape index (κ2) is 7.76. The van der Waals surface area contributed by atoms with Crippen LogP contribution in [-0.2, 0) is 14.3 Å². The molecule has 1 aliphatic heterocycles. The second-order valence-corrected chi connectivity index (χ2v) is 5.58. The highest BCUT2D eigenvalue weighted by Crippen LogP contribution is 2.22. The van der Waals surface area contributed by atoms with Crippen molar-refractivity contribution in [2.75, 3.05) is 26.3 Å². The predicted octanol–water partition coefficient (Wildman–Crippen LogP) is 1.08. The third kappa shape index (κ3) is 4.13. The molecule has 0 radical (unpaired) electrons. The Labute approximate surface area is 145 Å². The van der Waals surface area contributed by atoms with Gasteiger partial charge in [-0.1, -0.05) is 30.3 Å². The van der Waals surface area contributed by atoms with E-state index in [-0.39, 0.29) is 11.5 Å². The normalized spacial score (nSPS) is 15.4. The summed E-state index contributed by atoms with van der Waals surface area (Å²) in [6, 6.07) is 11.6. The van der Waals surface area contributed by atoms with Crippen LogP contribution in [0.3, 0.4) is 0 Å². The van der Waals surface area contributed by atoms with Crippen LogP contribution >= 0.6 is 0 Å². The van der Waals surface area contributed by atoms with Gasteiger partial charge in [0.2, 0.25) is 6.10 Å². The number of hydrogen-bond acceptors (Lipinski definition) is 5. The molecule has 0 spiro atoms. The lowest BCUT2D eigenvalue weighted by Crippen LogP contribution is -2.44. The minimum Gasteiger partial charge on any atom is -0.619 e. The van der Waals surface area contributed by atoms with Crippen molar-refractivity contribution < 1.29 is 23.8 Å². The van der Waals surface area contributed by atoms with Crippen LogP contribution < -0.4 is 4.73 Å². The van der Waals surface area contributed by atoms with Crippen LogP contribution in [0.2, 0.25) is 0 Å². The molecule has 0 unspecified atom stereocenters. The van der Waals surface area contributed by atoms with Crippen molar-refractivity contribution in [3.05, 3.63) is 71.2 Å². The number of pyridine rings is 1. The van der Waals surface area contributed by atoms with Crippen LogP contribution in [0.5, 0.6) is 0 Å². The zero-order valence-corrected chi connectivity index (χ0v) is 13.5. The molecule has 1 aromatic carbocycles. The lowest BCUT2D eigenvalue weighted by molar-refractivity contribution is -0.605. The van der Waals surface area contributed by atoms with Crippen LogP contribution in [0.25, 0.3) is 0 Å². The summed E-state index contributed by atoms with van der Waals surface area (Å²) in [5.41, 5.74) is 0.810. The largest absolute Gasteiger partial charge is 0.619 e. The van der Waals surface area contributed by atoms with Gasteiger partial charge in [0.05, 0.1) is 18.8 Å². The molecule has 3 rings (SSSR count). The Morgan fingerprint density at radius 3 is 2.36 bits per heavy atom. The van der Waals surface area contributed by atoms with Gasteiger partial charge < -0.3 is 19.6 Å². The summed E-state index contributed by atoms with van der Waals surface area (Å²) in [6.07, 6.45) is 1.38. The number of morpholine rings is 1. The van der Waals surface area contributed by atoms with Gasteiger partial charge in [0.1, 0.15) is 0 Å². The van der Waals surface area contributed by atoms with Gasteiger partial charge in [0.25, 0.3) is 5.91 Å². The van der Waals surface area contributed by atoms with Crippen molar-refractivity contribution in [3.63, 3.8) is 0 Å². The minimum atomic E-state index is -1.04. The van der Waals surface area contributed by atoms with E-state index in [2.05, 4.69) is 0 Å². The molecule has 25 heavy (non-hydrogen) atoms. The third-order valence-corrected chi connectivity index (χ3v) is 3.91. The Morgan fingerprint density at radius 1 is 1.08 bits per heavy atom. The zero-order chi connectivity index (χ0) is 17.6. The van der Waals surface area contributed by atoms with E-state index in [4.69, 9.17) is 9.47 Å². The molecule has 130 valence electrons. The molecule has 0 saturated carbocycles. The van der Waals surface area contributed by atoms with Gasteiger partial charge in [0, 0.05) is 30.8 Å². The van der Waals surface area contributed by atoms with Crippen LogP contribution in [-0.4, -0.2) is 43.1 Å². The molecule has 7 nitrogen and oxygen atoms in total. The first-order valence-electron chi connectivity index (χ1n) is 7.96. The van der Waals surface area contributed by atoms with E-state index in [1.165, 1.54) is 24.5 Å². The molecule has 1 amide bonds. The number of benzene rings is 1. The van der Waals surface area contributed by atoms with Crippen molar-refractivity contribution in [3.8, 4) is 0 Å². The maximum atomic E-state index is 12.9. The van der Waals surface area contributed by atoms with Gasteiger partial charge in [-0.25, -0.2) is 4.79 Å². The van der Waals surface area contributed by atoms with E-state index in [0.717, 1.165) is 0 Å². The summed E-state index contributed by atoms with van der Waals surface area (Å²) in [6.45, 7) is 1.84. The van der Waals surface area contributed by atoms with Gasteiger partial charge >= 0.3 is 5.97 Å². The van der Waals surface area contributed by atoms with E-state index < -0.39 is 12.1 Å². The van der Waals surface area contributed by atoms with Crippen molar-refractivity contribution in [1.29, 1.82) is 0 Å². The molecule has 2 heterocycles. The van der Waals surface area contributed by atoms with E-state index >= 15 is 0 Å². The molecular formula is C18H18N2O5. The molecule has 1 saturated heterocycles. The summed E-state index contributed by atoms with van der Waals surface area (Å²) in [7, 11) is 0. The first-order valence-corrected chi connectivity index (χ1v) is 7.96. The van der Waals surface area contributed by atoms with E-state index in [1.54, 1.807) is 29.2 Å². The summed E-state index contributed by atoms with van der Waals surface area (Å²) < 4.78 is 11.3. The average molecular weight is 342 g/mol. The number of carbonyl (C=O) groups excluding carboxylic acids is 2. The lowest BCUT2D eigenvalue weighted by atomic mass is 10.1. The highest BCUT2D eigenvalue weighted by atomic mass is 16.5. The molecule has 0 N–H and O–H groups in total. The monoisotopic (exact) mass is 342 g/mol. The molecular weight excluding hydrogens is 324 g/mol. The molecule has 1 fully saturated rings. The van der Waals surface area contributed by atoms with E-state index in [9.17, 15) is 14.8 Å². The minimum absolute atomic E-state index is 0.211. The Balaban J connectivity index is 1.82. The number of carbonyl (C=O) groups is 2. The Bertz CT molecular complexity index is 727. The maximum Gasteiger partial charge on any atom is 0.339 e. The number of rotatable bonds is 4. The number of esters is 1. The number of hydrogen-bond donors (Lipinski definition) is 0. The number of amides is 1. The van der Waals surface area contributed by atoms with Crippen LogP contribution in [0.4, 0.5) is 0 Å². The fourth-order valence-electron chi connectivity index (χ4n) is 2.56. The molecule has 1 atom stereocenters. The highest BCUT2D eigenvalue weighted by Gasteiger charge is 2.30. The Hall–Kier alpha value is -2.93. The van der Waals surface area contributed by atoms with E-state index in [0.29, 0.717) is 36.6 Å². The summed E-state index contributed by atoms with van der Waals surface area (Å²) in [5.74, 6) is -0.936. The molecule has 1 aliphatic rings. The van der Waals surface area contributed by atoms with Gasteiger partial charge in [-0.05, 0) is 0 Å². The molecule has 7 heteroatoms. The summed E-state index contributed by atoms with van der Waals surface area (Å²) >= 11 is 0. The summed E-state index contributed by atoms with van der Waals surface area (Å²) in [4.78, 5) is 26.9. The maximum absolute atomic E-state index is 12.9. The van der Waals surface area contributed by atoms with Gasteiger partial charge in [-0.2, -0.15) is 4.73 Å². The topological polar surface area (TPSA) is 82.8 Å². The second-order valence-electron chi connectivity index (χ2n) is 5.58. The van der Waals surface area contributed by atoms with E-state index in [1.807, 2.05) is 6.07 Å². The third-order valence-electron chi connectivity index (χ3n) is 3.91. The average Bonchev–Trinajstić information content (AvgIpc) is 2.67. The van der Waals surface area contributed by atoms with Crippen LogP contribution in [0.15, 0.2) is 54.9 Å². The van der Waals surface area contributed by atoms with Crippen molar-refractivity contribution in [2.24, 2.45) is 0 Å². The first kappa shape index (κ1) is 16.9. The quantitative estimate of drug-likeness (QED) is 0.472. The molecule has 0 aliphatic carbocycles. The number of ether oxygens (including phenoxy) is 2. The first-order chi connectivity index (χ1) is 12.1. The number of nitrogens with zero attached hydrogens (tertiary/aromatic N) is 2. The van der Waals surface area contributed by atoms with Crippen molar-refractivity contribution >= 4 is 11.9 Å². The fraction of sp³-hybridized carbons (Fsp3) is 0.278. The van der Waals surface area contributed by atoms with Gasteiger partial charge in [0.15, 0.2) is 12.4 Å². The number of aromatic nitrogens is 1. The molecule has 1 aromatic heterocycles. The zero-order valence-electron chi connectivity index (χ0n) is 13.5. The molecule has 2 aromatic rings. The SMILES string of the molecule is O=C(O[C@H](C(=O)N1CCOCC1)c1ccccc1)c1cc[n+]([O-])cc1. The van der Waals surface area contributed by atoms with Gasteiger partial charge in [-0.15, -0.1) is 0 Å². The predicted molar refractivity (Wildman–Crippen MR) is 87.4 cm³/mol. The molecule has 0 bridgehead atoms. The standard InChI is InChI=1S/C18H18N2O5/c21-17(19-10-12-24-13-11-19)16(14-4-2-1-3-5-14)25-18(22)15-6-8-20(23)9-7-15/h1-9,16H,10-13H2/t16-/m0/s1. The van der Waals surface area contributed by atoms with Crippen molar-refractivity contribution in [1.82, 2.24) is 4.90 Å². The van der Waals surface area contributed by atoms with Gasteiger partial charge in [-0.3, -0.25) is 4.79 Å². The van der Waals surface area contributed by atoms with Crippen LogP contribution in [0.1, 0.15) is 22.0 Å². The Morgan fingerprint density at radius 2 is 1.72 bits per heavy atom. The fourth-order valence-corrected chi connectivity index (χ4v) is 2.56. The highest BCUT2D eigenvalue weighted by molar-refractivity contribution is 5.92. The summed E-state index contributed by atoms with van der Waals surface area (Å²) in [5, 5.41) is 11.1.